The number of hydrogen-bond acceptors (Lipinski definition) is 3. The minimum Gasteiger partial charge on any atom is -0.341 e. The normalized spacial score (nSPS) is 12.6. The van der Waals surface area contributed by atoms with Gasteiger partial charge < -0.3 is 9.78 Å². The number of aromatic nitrogens is 2. The summed E-state index contributed by atoms with van der Waals surface area (Å²) in [7, 11) is 0. The molecule has 2 rings (SSSR count). The highest BCUT2D eigenvalue weighted by molar-refractivity contribution is 7.08. The number of aromatic amines is 1. The van der Waals surface area contributed by atoms with Gasteiger partial charge in [-0.2, -0.15) is 11.3 Å². The lowest BCUT2D eigenvalue weighted by Gasteiger charge is -1.96. The zero-order chi connectivity index (χ0) is 9.97. The number of H-pyrrole nitrogens is 1. The number of carbonyl (C=O) groups is 1. The Bertz CT molecular complexity index is 419. The summed E-state index contributed by atoms with van der Waals surface area (Å²) in [5, 5.41) is 4.06. The van der Waals surface area contributed by atoms with Gasteiger partial charge >= 0.3 is 0 Å². The van der Waals surface area contributed by atoms with Crippen LogP contribution in [0.2, 0.25) is 0 Å². The first-order valence-electron chi connectivity index (χ1n) is 4.34. The van der Waals surface area contributed by atoms with E-state index in [0.717, 1.165) is 23.4 Å². The van der Waals surface area contributed by atoms with E-state index < -0.39 is 0 Å². The first kappa shape index (κ1) is 9.15. The van der Waals surface area contributed by atoms with E-state index in [1.165, 1.54) is 0 Å². The fraction of sp³-hybridized carbons (Fsp3) is 0.200. The first-order chi connectivity index (χ1) is 6.81. The van der Waals surface area contributed by atoms with Gasteiger partial charge in [0.1, 0.15) is 12.1 Å². The maximum atomic E-state index is 10.5. The molecule has 2 aromatic rings. The molecule has 0 spiro atoms. The molecular weight excluding hydrogens is 196 g/mol. The fourth-order valence-electron chi connectivity index (χ4n) is 1.20. The molecule has 1 unspecified atom stereocenters. The Morgan fingerprint density at radius 3 is 3.14 bits per heavy atom. The number of nitrogens with one attached hydrogen (secondary N) is 1. The van der Waals surface area contributed by atoms with E-state index in [4.69, 9.17) is 0 Å². The first-order valence-corrected chi connectivity index (χ1v) is 5.28. The highest BCUT2D eigenvalue weighted by Gasteiger charge is 2.09. The number of aldehydes is 1. The topological polar surface area (TPSA) is 45.8 Å². The molecule has 0 radical (unpaired) electrons. The predicted molar refractivity (Wildman–Crippen MR) is 56.4 cm³/mol. The molecule has 0 aliphatic carbocycles. The van der Waals surface area contributed by atoms with Crippen molar-refractivity contribution < 1.29 is 4.79 Å². The van der Waals surface area contributed by atoms with Crippen molar-refractivity contribution in [1.29, 1.82) is 0 Å². The summed E-state index contributed by atoms with van der Waals surface area (Å²) < 4.78 is 0. The molecule has 2 heterocycles. The van der Waals surface area contributed by atoms with Crippen molar-refractivity contribution in [2.45, 2.75) is 12.8 Å². The number of thiophene rings is 1. The number of hydrogen-bond donors (Lipinski definition) is 1. The lowest BCUT2D eigenvalue weighted by molar-refractivity contribution is -0.108. The number of imidazole rings is 1. The zero-order valence-corrected chi connectivity index (χ0v) is 8.54. The van der Waals surface area contributed by atoms with Gasteiger partial charge in [-0.25, -0.2) is 4.98 Å². The largest absolute Gasteiger partial charge is 0.341 e. The van der Waals surface area contributed by atoms with Crippen LogP contribution in [0.1, 0.15) is 18.7 Å². The Morgan fingerprint density at radius 2 is 2.50 bits per heavy atom. The van der Waals surface area contributed by atoms with Crippen molar-refractivity contribution in [1.82, 2.24) is 9.97 Å². The van der Waals surface area contributed by atoms with E-state index in [2.05, 4.69) is 9.97 Å². The molecule has 0 aliphatic rings. The van der Waals surface area contributed by atoms with Crippen LogP contribution in [0.5, 0.6) is 0 Å². The van der Waals surface area contributed by atoms with Crippen LogP contribution in [-0.4, -0.2) is 16.3 Å². The van der Waals surface area contributed by atoms with Gasteiger partial charge in [0.2, 0.25) is 0 Å². The van der Waals surface area contributed by atoms with Gasteiger partial charge in [0.05, 0.1) is 17.8 Å². The molecule has 0 saturated carbocycles. The molecule has 0 aliphatic heterocycles. The Labute approximate surface area is 85.8 Å². The molecule has 3 nitrogen and oxygen atoms in total. The van der Waals surface area contributed by atoms with Crippen molar-refractivity contribution >= 4 is 17.6 Å². The molecule has 0 amide bonds. The molecule has 1 N–H and O–H groups in total. The van der Waals surface area contributed by atoms with Gasteiger partial charge in [-0.3, -0.25) is 0 Å². The smallest absolute Gasteiger partial charge is 0.130 e. The SMILES string of the molecule is CC(C=O)c1ncc(-c2ccsc2)[nH]1. The van der Waals surface area contributed by atoms with Crippen molar-refractivity contribution in [2.75, 3.05) is 0 Å². The van der Waals surface area contributed by atoms with Gasteiger partial charge in [-0.05, 0) is 18.4 Å². The van der Waals surface area contributed by atoms with E-state index >= 15 is 0 Å². The summed E-state index contributed by atoms with van der Waals surface area (Å²) in [6.07, 6.45) is 2.65. The Hall–Kier alpha value is -1.42. The van der Waals surface area contributed by atoms with Crippen LogP contribution in [0.3, 0.4) is 0 Å². The van der Waals surface area contributed by atoms with Gasteiger partial charge in [-0.1, -0.05) is 0 Å². The highest BCUT2D eigenvalue weighted by atomic mass is 32.1. The van der Waals surface area contributed by atoms with Gasteiger partial charge in [0.25, 0.3) is 0 Å². The van der Waals surface area contributed by atoms with E-state index in [1.54, 1.807) is 17.5 Å². The van der Waals surface area contributed by atoms with Crippen LogP contribution in [-0.2, 0) is 4.79 Å². The van der Waals surface area contributed by atoms with Crippen LogP contribution in [0.25, 0.3) is 11.3 Å². The van der Waals surface area contributed by atoms with Crippen LogP contribution >= 0.6 is 11.3 Å². The van der Waals surface area contributed by atoms with E-state index in [9.17, 15) is 4.79 Å². The van der Waals surface area contributed by atoms with Crippen molar-refractivity contribution in [3.05, 3.63) is 28.8 Å². The zero-order valence-electron chi connectivity index (χ0n) is 7.73. The third-order valence-electron chi connectivity index (χ3n) is 2.06. The van der Waals surface area contributed by atoms with E-state index in [-0.39, 0.29) is 5.92 Å². The summed E-state index contributed by atoms with van der Waals surface area (Å²) >= 11 is 1.64. The number of nitrogens with zero attached hydrogens (tertiary/aromatic N) is 1. The average Bonchev–Trinajstić information content (AvgIpc) is 2.86. The highest BCUT2D eigenvalue weighted by Crippen LogP contribution is 2.21. The van der Waals surface area contributed by atoms with Gasteiger partial charge in [0, 0.05) is 10.9 Å². The maximum Gasteiger partial charge on any atom is 0.130 e. The standard InChI is InChI=1S/C10H10N2OS/c1-7(5-13)10-11-4-9(12-10)8-2-3-14-6-8/h2-7H,1H3,(H,11,12). The Morgan fingerprint density at radius 1 is 1.64 bits per heavy atom. The summed E-state index contributed by atoms with van der Waals surface area (Å²) in [6, 6.07) is 2.02. The minimum absolute atomic E-state index is 0.164. The molecule has 72 valence electrons. The molecular formula is C10H10N2OS. The summed E-state index contributed by atoms with van der Waals surface area (Å²) in [5.74, 6) is 0.559. The summed E-state index contributed by atoms with van der Waals surface area (Å²) in [5.41, 5.74) is 2.08. The lowest BCUT2D eigenvalue weighted by Crippen LogP contribution is -1.96. The second-order valence-electron chi connectivity index (χ2n) is 3.12. The summed E-state index contributed by atoms with van der Waals surface area (Å²) in [4.78, 5) is 17.8. The molecule has 0 bridgehead atoms. The number of carbonyl (C=O) groups excluding carboxylic acids is 1. The number of rotatable bonds is 3. The molecule has 0 fully saturated rings. The molecule has 2 aromatic heterocycles. The van der Waals surface area contributed by atoms with Crippen LogP contribution in [0.4, 0.5) is 0 Å². The van der Waals surface area contributed by atoms with Crippen LogP contribution in [0.15, 0.2) is 23.0 Å². The molecule has 14 heavy (non-hydrogen) atoms. The molecule has 1 atom stereocenters. The Kier molecular flexibility index (Phi) is 2.45. The van der Waals surface area contributed by atoms with Crippen molar-refractivity contribution in [3.63, 3.8) is 0 Å². The second-order valence-corrected chi connectivity index (χ2v) is 3.90. The minimum atomic E-state index is -0.164. The quantitative estimate of drug-likeness (QED) is 0.784. The van der Waals surface area contributed by atoms with Gasteiger partial charge in [-0.15, -0.1) is 0 Å². The van der Waals surface area contributed by atoms with Crippen LogP contribution < -0.4 is 0 Å². The average molecular weight is 206 g/mol. The van der Waals surface area contributed by atoms with Crippen LogP contribution in [0, 0.1) is 0 Å². The third kappa shape index (κ3) is 1.61. The van der Waals surface area contributed by atoms with Crippen molar-refractivity contribution in [3.8, 4) is 11.3 Å². The Balaban J connectivity index is 2.30. The monoisotopic (exact) mass is 206 g/mol. The third-order valence-corrected chi connectivity index (χ3v) is 2.75. The van der Waals surface area contributed by atoms with E-state index in [1.807, 2.05) is 23.8 Å². The molecule has 4 heteroatoms. The van der Waals surface area contributed by atoms with Crippen molar-refractivity contribution in [2.24, 2.45) is 0 Å². The van der Waals surface area contributed by atoms with Gasteiger partial charge in [0.15, 0.2) is 0 Å². The summed E-state index contributed by atoms with van der Waals surface area (Å²) in [6.45, 7) is 1.82. The molecule has 0 aromatic carbocycles. The maximum absolute atomic E-state index is 10.5. The molecule has 0 saturated heterocycles. The fourth-order valence-corrected chi connectivity index (χ4v) is 1.85. The van der Waals surface area contributed by atoms with E-state index in [0.29, 0.717) is 0 Å². The predicted octanol–water partition coefficient (Wildman–Crippen LogP) is 2.44. The lowest BCUT2D eigenvalue weighted by atomic mass is 10.2. The second kappa shape index (κ2) is 3.75.